The van der Waals surface area contributed by atoms with Gasteiger partial charge in [-0.25, -0.2) is 4.98 Å². The molecular formula is C10H14N2O4. The number of carbonyl (C=O) groups is 1. The summed E-state index contributed by atoms with van der Waals surface area (Å²) in [6, 6.07) is 0. The van der Waals surface area contributed by atoms with Crippen LogP contribution in [0, 0.1) is 0 Å². The van der Waals surface area contributed by atoms with Crippen molar-refractivity contribution in [1.82, 2.24) is 9.97 Å². The molecule has 0 fully saturated rings. The molecule has 1 heterocycles. The number of rotatable bonds is 5. The zero-order valence-corrected chi connectivity index (χ0v) is 9.21. The summed E-state index contributed by atoms with van der Waals surface area (Å²) >= 11 is 0. The summed E-state index contributed by atoms with van der Waals surface area (Å²) in [6.45, 7) is 2.00. The molecule has 1 unspecified atom stereocenters. The Morgan fingerprint density at radius 3 is 2.75 bits per heavy atom. The molecule has 0 bridgehead atoms. The van der Waals surface area contributed by atoms with Crippen LogP contribution < -0.4 is 4.74 Å². The minimum absolute atomic E-state index is 0.130. The molecule has 0 saturated heterocycles. The Hall–Kier alpha value is -1.69. The number of esters is 1. The van der Waals surface area contributed by atoms with Crippen molar-refractivity contribution in [1.29, 1.82) is 0 Å². The van der Waals surface area contributed by atoms with E-state index < -0.39 is 12.1 Å². The van der Waals surface area contributed by atoms with Gasteiger partial charge in [-0.2, -0.15) is 0 Å². The Labute approximate surface area is 93.2 Å². The van der Waals surface area contributed by atoms with Crippen LogP contribution >= 0.6 is 0 Å². The van der Waals surface area contributed by atoms with Gasteiger partial charge in [0.05, 0.1) is 38.2 Å². The van der Waals surface area contributed by atoms with Crippen molar-refractivity contribution in [2.24, 2.45) is 0 Å². The largest absolute Gasteiger partial charge is 0.480 e. The van der Waals surface area contributed by atoms with Gasteiger partial charge in [-0.05, 0) is 6.92 Å². The SMILES string of the molecule is CCOC(=O)CC(O)c1cnc(OC)cn1. The summed E-state index contributed by atoms with van der Waals surface area (Å²) in [5, 5.41) is 9.64. The minimum atomic E-state index is -1.00. The van der Waals surface area contributed by atoms with Crippen molar-refractivity contribution in [2.75, 3.05) is 13.7 Å². The lowest BCUT2D eigenvalue weighted by Gasteiger charge is -2.09. The van der Waals surface area contributed by atoms with Gasteiger partial charge in [0.25, 0.3) is 0 Å². The third-order valence-electron chi connectivity index (χ3n) is 1.86. The van der Waals surface area contributed by atoms with E-state index in [9.17, 15) is 9.90 Å². The van der Waals surface area contributed by atoms with Gasteiger partial charge in [-0.3, -0.25) is 9.78 Å². The third-order valence-corrected chi connectivity index (χ3v) is 1.86. The summed E-state index contributed by atoms with van der Waals surface area (Å²) in [6.07, 6.45) is 1.61. The Bertz CT molecular complexity index is 339. The number of hydrogen-bond acceptors (Lipinski definition) is 6. The number of aliphatic hydroxyl groups is 1. The molecule has 16 heavy (non-hydrogen) atoms. The highest BCUT2D eigenvalue weighted by Gasteiger charge is 2.15. The average molecular weight is 226 g/mol. The summed E-state index contributed by atoms with van der Waals surface area (Å²) in [5.41, 5.74) is 0.314. The molecule has 1 aromatic heterocycles. The molecule has 0 saturated carbocycles. The number of carbonyl (C=O) groups excluding carboxylic acids is 1. The van der Waals surface area contributed by atoms with Crippen molar-refractivity contribution >= 4 is 5.97 Å². The van der Waals surface area contributed by atoms with E-state index in [1.54, 1.807) is 6.92 Å². The number of ether oxygens (including phenoxy) is 2. The van der Waals surface area contributed by atoms with E-state index in [1.807, 2.05) is 0 Å². The van der Waals surface area contributed by atoms with E-state index in [1.165, 1.54) is 19.5 Å². The first kappa shape index (κ1) is 12.4. The van der Waals surface area contributed by atoms with Crippen molar-refractivity contribution < 1.29 is 19.4 Å². The smallest absolute Gasteiger partial charge is 0.308 e. The maximum atomic E-state index is 11.1. The van der Waals surface area contributed by atoms with E-state index in [0.29, 0.717) is 18.2 Å². The molecule has 0 aromatic carbocycles. The normalized spacial score (nSPS) is 11.9. The van der Waals surface area contributed by atoms with Gasteiger partial charge in [0.2, 0.25) is 5.88 Å². The fourth-order valence-corrected chi connectivity index (χ4v) is 1.09. The van der Waals surface area contributed by atoms with E-state index >= 15 is 0 Å². The lowest BCUT2D eigenvalue weighted by Crippen LogP contribution is -2.11. The van der Waals surface area contributed by atoms with Gasteiger partial charge in [0.1, 0.15) is 6.10 Å². The van der Waals surface area contributed by atoms with Gasteiger partial charge in [-0.15, -0.1) is 0 Å². The van der Waals surface area contributed by atoms with Crippen LogP contribution in [0.4, 0.5) is 0 Å². The highest BCUT2D eigenvalue weighted by Crippen LogP contribution is 2.15. The van der Waals surface area contributed by atoms with Crippen molar-refractivity contribution in [3.05, 3.63) is 18.1 Å². The van der Waals surface area contributed by atoms with Gasteiger partial charge in [-0.1, -0.05) is 0 Å². The Morgan fingerprint density at radius 1 is 1.50 bits per heavy atom. The van der Waals surface area contributed by atoms with Crippen LogP contribution in [-0.2, 0) is 9.53 Å². The van der Waals surface area contributed by atoms with E-state index in [4.69, 9.17) is 9.47 Å². The molecule has 6 heteroatoms. The molecule has 6 nitrogen and oxygen atoms in total. The number of methoxy groups -OCH3 is 1. The minimum Gasteiger partial charge on any atom is -0.480 e. The summed E-state index contributed by atoms with van der Waals surface area (Å²) in [7, 11) is 1.47. The zero-order chi connectivity index (χ0) is 12.0. The molecule has 1 aromatic rings. The molecule has 1 atom stereocenters. The molecule has 88 valence electrons. The number of hydrogen-bond donors (Lipinski definition) is 1. The summed E-state index contributed by atoms with van der Waals surface area (Å²) in [5.74, 6) is -0.111. The first-order valence-electron chi connectivity index (χ1n) is 4.87. The van der Waals surface area contributed by atoms with Crippen molar-refractivity contribution in [3.8, 4) is 5.88 Å². The summed E-state index contributed by atoms with van der Waals surface area (Å²) < 4.78 is 9.53. The van der Waals surface area contributed by atoms with Crippen LogP contribution in [0.3, 0.4) is 0 Å². The van der Waals surface area contributed by atoms with Crippen LogP contribution in [0.25, 0.3) is 0 Å². The third kappa shape index (κ3) is 3.47. The van der Waals surface area contributed by atoms with Crippen LogP contribution in [-0.4, -0.2) is 34.8 Å². The second-order valence-corrected chi connectivity index (χ2v) is 3.01. The van der Waals surface area contributed by atoms with Crippen LogP contribution in [0.15, 0.2) is 12.4 Å². The molecule has 0 spiro atoms. The van der Waals surface area contributed by atoms with Crippen LogP contribution in [0.5, 0.6) is 5.88 Å². The molecule has 0 aliphatic rings. The molecule has 0 radical (unpaired) electrons. The van der Waals surface area contributed by atoms with Crippen LogP contribution in [0.1, 0.15) is 25.1 Å². The molecule has 0 aliphatic heterocycles. The molecule has 1 rings (SSSR count). The van der Waals surface area contributed by atoms with Crippen molar-refractivity contribution in [2.45, 2.75) is 19.4 Å². The maximum Gasteiger partial charge on any atom is 0.308 e. The Kier molecular flexibility index (Phi) is 4.65. The zero-order valence-electron chi connectivity index (χ0n) is 9.21. The lowest BCUT2D eigenvalue weighted by atomic mass is 10.2. The summed E-state index contributed by atoms with van der Waals surface area (Å²) in [4.78, 5) is 18.9. The number of nitrogens with zero attached hydrogens (tertiary/aromatic N) is 2. The highest BCUT2D eigenvalue weighted by molar-refractivity contribution is 5.70. The number of aromatic nitrogens is 2. The van der Waals surface area contributed by atoms with Gasteiger partial charge in [0, 0.05) is 0 Å². The Morgan fingerprint density at radius 2 is 2.25 bits per heavy atom. The maximum absolute atomic E-state index is 11.1. The standard InChI is InChI=1S/C10H14N2O4/c1-3-16-10(14)4-8(13)7-5-12-9(15-2)6-11-7/h5-6,8,13H,3-4H2,1-2H3. The molecule has 0 aliphatic carbocycles. The molecule has 1 N–H and O–H groups in total. The van der Waals surface area contributed by atoms with Crippen molar-refractivity contribution in [3.63, 3.8) is 0 Å². The van der Waals surface area contributed by atoms with E-state index in [-0.39, 0.29) is 6.42 Å². The number of aliphatic hydroxyl groups excluding tert-OH is 1. The van der Waals surface area contributed by atoms with Gasteiger partial charge >= 0.3 is 5.97 Å². The molecule has 0 amide bonds. The second-order valence-electron chi connectivity index (χ2n) is 3.01. The Balaban J connectivity index is 2.58. The first-order chi connectivity index (χ1) is 7.67. The quantitative estimate of drug-likeness (QED) is 0.735. The predicted octanol–water partition coefficient (Wildman–Crippen LogP) is 0.472. The second kappa shape index (κ2) is 6.02. The molecular weight excluding hydrogens is 212 g/mol. The monoisotopic (exact) mass is 226 g/mol. The highest BCUT2D eigenvalue weighted by atomic mass is 16.5. The lowest BCUT2D eigenvalue weighted by molar-refractivity contribution is -0.145. The topological polar surface area (TPSA) is 81.5 Å². The predicted molar refractivity (Wildman–Crippen MR) is 54.8 cm³/mol. The van der Waals surface area contributed by atoms with Gasteiger partial charge < -0.3 is 14.6 Å². The van der Waals surface area contributed by atoms with Gasteiger partial charge in [0.15, 0.2) is 0 Å². The van der Waals surface area contributed by atoms with Crippen LogP contribution in [0.2, 0.25) is 0 Å². The van der Waals surface area contributed by atoms with E-state index in [2.05, 4.69) is 9.97 Å². The average Bonchev–Trinajstić information content (AvgIpc) is 2.29. The fourth-order valence-electron chi connectivity index (χ4n) is 1.09. The van der Waals surface area contributed by atoms with E-state index in [0.717, 1.165) is 0 Å². The first-order valence-corrected chi connectivity index (χ1v) is 4.87. The fraction of sp³-hybridized carbons (Fsp3) is 0.500.